The summed E-state index contributed by atoms with van der Waals surface area (Å²) in [4.78, 5) is 30.5. The third kappa shape index (κ3) is 5.61. The molecule has 4 heterocycles. The van der Waals surface area contributed by atoms with Crippen LogP contribution in [0, 0.1) is 17.1 Å². The monoisotopic (exact) mass is 579 g/mol. The molecule has 6 rings (SSSR count). The Morgan fingerprint density at radius 2 is 1.95 bits per heavy atom. The van der Waals surface area contributed by atoms with Crippen LogP contribution in [0.4, 0.5) is 20.3 Å². The van der Waals surface area contributed by atoms with Crippen molar-refractivity contribution in [3.8, 4) is 12.1 Å². The molecular formula is C31H39F2N7O2. The van der Waals surface area contributed by atoms with E-state index in [9.17, 15) is 18.8 Å². The number of carbonyl (C=O) groups is 1. The molecule has 1 aromatic carbocycles. The van der Waals surface area contributed by atoms with Crippen LogP contribution in [0.2, 0.25) is 0 Å². The fourth-order valence-corrected chi connectivity index (χ4v) is 7.05. The summed E-state index contributed by atoms with van der Waals surface area (Å²) in [7, 11) is 2.10. The Morgan fingerprint density at radius 3 is 2.71 bits per heavy atom. The number of fused-ring (bicyclic) bond motifs is 2. The van der Waals surface area contributed by atoms with E-state index in [2.05, 4.69) is 27.8 Å². The second-order valence-electron chi connectivity index (χ2n) is 12.0. The lowest BCUT2D eigenvalue weighted by Gasteiger charge is -2.42. The molecule has 0 spiro atoms. The second kappa shape index (κ2) is 12.0. The van der Waals surface area contributed by atoms with E-state index in [4.69, 9.17) is 14.7 Å². The van der Waals surface area contributed by atoms with Crippen molar-refractivity contribution >= 4 is 17.4 Å². The van der Waals surface area contributed by atoms with E-state index in [-0.39, 0.29) is 12.2 Å². The van der Waals surface area contributed by atoms with E-state index in [1.165, 1.54) is 17.4 Å². The van der Waals surface area contributed by atoms with Crippen molar-refractivity contribution < 1.29 is 18.3 Å². The van der Waals surface area contributed by atoms with E-state index in [1.54, 1.807) is 12.1 Å². The molecule has 9 nitrogen and oxygen atoms in total. The number of hydrogen-bond donors (Lipinski definition) is 0. The molecule has 0 radical (unpaired) electrons. The van der Waals surface area contributed by atoms with Crippen molar-refractivity contribution in [1.29, 1.82) is 5.26 Å². The maximum atomic E-state index is 14.6. The Morgan fingerprint density at radius 1 is 1.10 bits per heavy atom. The molecule has 3 aliphatic heterocycles. The Kier molecular flexibility index (Phi) is 8.17. The van der Waals surface area contributed by atoms with Crippen LogP contribution in [-0.2, 0) is 30.6 Å². The molecule has 1 unspecified atom stereocenters. The van der Waals surface area contributed by atoms with Crippen molar-refractivity contribution in [3.05, 3.63) is 40.3 Å². The van der Waals surface area contributed by atoms with Gasteiger partial charge in [0.05, 0.1) is 30.8 Å². The fraction of sp³-hybridized carbons (Fsp3) is 0.613. The molecule has 11 heteroatoms. The third-order valence-corrected chi connectivity index (χ3v) is 9.33. The molecule has 4 aliphatic rings. The normalized spacial score (nSPS) is 23.0. The van der Waals surface area contributed by atoms with Crippen LogP contribution < -0.4 is 14.5 Å². The average Bonchev–Trinajstić information content (AvgIpc) is 3.63. The molecule has 1 aromatic heterocycles. The highest BCUT2D eigenvalue weighted by atomic mass is 19.1. The highest BCUT2D eigenvalue weighted by molar-refractivity contribution is 5.81. The van der Waals surface area contributed by atoms with Crippen LogP contribution in [0.3, 0.4) is 0 Å². The molecule has 2 aromatic rings. The Labute approximate surface area is 246 Å². The highest BCUT2D eigenvalue weighted by Gasteiger charge is 2.36. The predicted octanol–water partition coefficient (Wildman–Crippen LogP) is 3.43. The number of nitriles is 1. The summed E-state index contributed by atoms with van der Waals surface area (Å²) in [6.07, 6.45) is 4.25. The van der Waals surface area contributed by atoms with Gasteiger partial charge in [-0.3, -0.25) is 4.79 Å². The van der Waals surface area contributed by atoms with Crippen LogP contribution in [0.5, 0.6) is 6.01 Å². The van der Waals surface area contributed by atoms with Crippen molar-refractivity contribution in [2.24, 2.45) is 0 Å². The minimum Gasteiger partial charge on any atom is -0.462 e. The summed E-state index contributed by atoms with van der Waals surface area (Å²) in [5.74, 6) is -0.0343. The molecular weight excluding hydrogens is 540 g/mol. The van der Waals surface area contributed by atoms with Crippen molar-refractivity contribution in [2.45, 2.75) is 76.7 Å². The van der Waals surface area contributed by atoms with Gasteiger partial charge in [0.25, 0.3) is 5.91 Å². The molecule has 0 bridgehead atoms. The zero-order chi connectivity index (χ0) is 29.4. The Balaban J connectivity index is 1.31. The molecule has 3 atom stereocenters. The van der Waals surface area contributed by atoms with Gasteiger partial charge in [-0.15, -0.1) is 0 Å². The average molecular weight is 580 g/mol. The summed E-state index contributed by atoms with van der Waals surface area (Å²) < 4.78 is 34.8. The van der Waals surface area contributed by atoms with Gasteiger partial charge in [0, 0.05) is 43.5 Å². The first kappa shape index (κ1) is 28.6. The number of likely N-dealkylation sites (N-methyl/N-ethyl adjacent to an activating group) is 1. The van der Waals surface area contributed by atoms with Crippen molar-refractivity contribution in [2.75, 3.05) is 56.2 Å². The van der Waals surface area contributed by atoms with Crippen LogP contribution in [-0.4, -0.2) is 90.3 Å². The number of benzene rings is 1. The summed E-state index contributed by atoms with van der Waals surface area (Å²) in [6.45, 7) is 5.14. The number of aromatic nitrogens is 2. The van der Waals surface area contributed by atoms with E-state index >= 15 is 0 Å². The van der Waals surface area contributed by atoms with Crippen LogP contribution in [0.15, 0.2) is 12.1 Å². The topological polar surface area (TPSA) is 88.8 Å². The van der Waals surface area contributed by atoms with Crippen molar-refractivity contribution in [1.82, 2.24) is 19.8 Å². The zero-order valence-electron chi connectivity index (χ0n) is 24.5. The largest absolute Gasteiger partial charge is 0.462 e. The molecule has 2 fully saturated rings. The van der Waals surface area contributed by atoms with Crippen LogP contribution in [0.25, 0.3) is 0 Å². The number of likely N-dealkylation sites (tertiary alicyclic amines) is 1. The third-order valence-electron chi connectivity index (χ3n) is 9.33. The van der Waals surface area contributed by atoms with Gasteiger partial charge in [-0.05, 0) is 82.3 Å². The van der Waals surface area contributed by atoms with Gasteiger partial charge in [-0.2, -0.15) is 15.2 Å². The maximum Gasteiger partial charge on any atom is 0.318 e. The van der Waals surface area contributed by atoms with Gasteiger partial charge in [0.15, 0.2) is 6.17 Å². The smallest absolute Gasteiger partial charge is 0.318 e. The standard InChI is InChI=1S/C31H39F2N7O2/c1-20(32)30(41)40-14-13-39(17-23(40)8-10-34)29-26-9-12-38(28-16-22(33)15-21-5-3-7-25(21)28)18-27(26)35-31(36-29)42-19-24-6-4-11-37(24)2/h15-16,20,23-24H,3-9,11-14,17-19H2,1-2H3/t20?,23-,24+/m0/s1. The van der Waals surface area contributed by atoms with Gasteiger partial charge in [-0.1, -0.05) is 0 Å². The summed E-state index contributed by atoms with van der Waals surface area (Å²) in [5.41, 5.74) is 5.15. The maximum absolute atomic E-state index is 14.6. The number of nitrogens with zero attached hydrogens (tertiary/aromatic N) is 7. The number of piperazine rings is 1. The molecule has 0 saturated carbocycles. The quantitative estimate of drug-likeness (QED) is 0.493. The number of aryl methyl sites for hydroxylation is 1. The number of carbonyl (C=O) groups excluding carboxylic acids is 1. The summed E-state index contributed by atoms with van der Waals surface area (Å²) >= 11 is 0. The van der Waals surface area contributed by atoms with E-state index in [0.717, 1.165) is 67.0 Å². The molecule has 42 heavy (non-hydrogen) atoms. The van der Waals surface area contributed by atoms with Crippen LogP contribution in [0.1, 0.15) is 55.0 Å². The number of hydrogen-bond acceptors (Lipinski definition) is 8. The number of halogens is 2. The van der Waals surface area contributed by atoms with Gasteiger partial charge >= 0.3 is 6.01 Å². The van der Waals surface area contributed by atoms with E-state index in [1.807, 2.05) is 0 Å². The van der Waals surface area contributed by atoms with Gasteiger partial charge < -0.3 is 24.3 Å². The van der Waals surface area contributed by atoms with Gasteiger partial charge in [0.2, 0.25) is 0 Å². The van der Waals surface area contributed by atoms with Gasteiger partial charge in [0.1, 0.15) is 18.2 Å². The SMILES string of the molecule is CC(F)C(=O)N1CCN(c2nc(OC[C@H]3CCCN3C)nc3c2CCN(c2cc(F)cc4c2CCC4)C3)C[C@@H]1CC#N. The lowest BCUT2D eigenvalue weighted by Crippen LogP contribution is -2.57. The molecule has 1 aliphatic carbocycles. The van der Waals surface area contributed by atoms with E-state index in [0.29, 0.717) is 57.8 Å². The summed E-state index contributed by atoms with van der Waals surface area (Å²) in [6, 6.07) is 5.66. The second-order valence-corrected chi connectivity index (χ2v) is 12.0. The number of amides is 1. The highest BCUT2D eigenvalue weighted by Crippen LogP contribution is 2.37. The Hall–Kier alpha value is -3.52. The number of ether oxygens (including phenoxy) is 1. The first-order valence-corrected chi connectivity index (χ1v) is 15.2. The minimum atomic E-state index is -1.62. The van der Waals surface area contributed by atoms with Gasteiger partial charge in [-0.25, -0.2) is 8.78 Å². The lowest BCUT2D eigenvalue weighted by molar-refractivity contribution is -0.138. The molecule has 2 saturated heterocycles. The fourth-order valence-electron chi connectivity index (χ4n) is 7.05. The Bertz CT molecular complexity index is 1380. The lowest BCUT2D eigenvalue weighted by atomic mass is 10.0. The predicted molar refractivity (Wildman–Crippen MR) is 155 cm³/mol. The number of alkyl halides is 1. The molecule has 0 N–H and O–H groups in total. The van der Waals surface area contributed by atoms with Crippen LogP contribution >= 0.6 is 0 Å². The van der Waals surface area contributed by atoms with E-state index < -0.39 is 18.1 Å². The molecule has 1 amide bonds. The molecule has 224 valence electrons. The minimum absolute atomic E-state index is 0.109. The first-order chi connectivity index (χ1) is 20.3. The zero-order valence-corrected chi connectivity index (χ0v) is 24.5. The summed E-state index contributed by atoms with van der Waals surface area (Å²) in [5, 5.41) is 9.49. The number of anilines is 2. The van der Waals surface area contributed by atoms with Crippen molar-refractivity contribution in [3.63, 3.8) is 0 Å². The first-order valence-electron chi connectivity index (χ1n) is 15.2. The number of rotatable bonds is 7.